The fourth-order valence-electron chi connectivity index (χ4n) is 3.60. The molecule has 3 heterocycles. The zero-order chi connectivity index (χ0) is 24.0. The first-order valence-corrected chi connectivity index (χ1v) is 10.9. The zero-order valence-electron chi connectivity index (χ0n) is 19.3. The molecular weight excluding hydrogens is 416 g/mol. The highest BCUT2D eigenvalue weighted by Gasteiger charge is 2.26. The minimum atomic E-state index is 0.132. The van der Waals surface area contributed by atoms with E-state index in [4.69, 9.17) is 16.9 Å². The van der Waals surface area contributed by atoms with E-state index >= 15 is 0 Å². The second-order valence-corrected chi connectivity index (χ2v) is 8.35. The van der Waals surface area contributed by atoms with Crippen molar-refractivity contribution in [3.05, 3.63) is 70.6 Å². The molecule has 7 N–H and O–H groups in total. The summed E-state index contributed by atoms with van der Waals surface area (Å²) in [6, 6.07) is 0.132. The van der Waals surface area contributed by atoms with Crippen molar-refractivity contribution in [2.24, 2.45) is 27.4 Å². The topological polar surface area (TPSA) is 145 Å². The molecule has 9 heteroatoms. The number of hydrogen-bond acceptors (Lipinski definition) is 7. The normalized spacial score (nSPS) is 21.8. The summed E-state index contributed by atoms with van der Waals surface area (Å²) in [5, 5.41) is 14.0. The molecule has 3 aliphatic rings. The molecule has 0 aliphatic carbocycles. The van der Waals surface area contributed by atoms with Gasteiger partial charge in [0.25, 0.3) is 0 Å². The molecule has 0 bridgehead atoms. The van der Waals surface area contributed by atoms with Gasteiger partial charge in [-0.2, -0.15) is 0 Å². The molecule has 1 atom stereocenters. The second-order valence-electron chi connectivity index (χ2n) is 8.35. The number of dihydropyridines is 2. The van der Waals surface area contributed by atoms with Gasteiger partial charge in [-0.15, -0.1) is 0 Å². The third-order valence-corrected chi connectivity index (χ3v) is 5.73. The fourth-order valence-corrected chi connectivity index (χ4v) is 3.60. The Labute approximate surface area is 194 Å². The van der Waals surface area contributed by atoms with Crippen molar-refractivity contribution in [2.45, 2.75) is 32.7 Å². The van der Waals surface area contributed by atoms with Crippen molar-refractivity contribution in [3.8, 4) is 0 Å². The quantitative estimate of drug-likeness (QED) is 0.284. The van der Waals surface area contributed by atoms with Gasteiger partial charge < -0.3 is 32.4 Å². The Morgan fingerprint density at radius 2 is 2.15 bits per heavy atom. The lowest BCUT2D eigenvalue weighted by molar-refractivity contribution is -0.127. The average Bonchev–Trinajstić information content (AvgIpc) is 3.12. The predicted octanol–water partition coefficient (Wildman–Crippen LogP) is 1.81. The summed E-state index contributed by atoms with van der Waals surface area (Å²) < 4.78 is 0. The fraction of sp³-hybridized carbons (Fsp3) is 0.333. The SMILES string of the molecule is CC(C)C(C=N)=CC(N)=NC1=CC=C2NC=C(C(C=NC[C@@H]3CCC(=O)N3C)=CN)C=C2N1. The standard InChI is InChI=1S/C24H32N8O/c1-15(2)16(10-25)9-22(27)31-23-6-5-20-21(30-23)8-17(13-29-20)18(11-26)12-28-14-19-4-7-24(33)32(19)3/h5-6,8-13,15,19,25,29-30H,4,7,14,26H2,1-3H3,(H2,27,31)/t19-/m0/s1. The summed E-state index contributed by atoms with van der Waals surface area (Å²) in [6.45, 7) is 4.55. The minimum absolute atomic E-state index is 0.132. The molecule has 0 unspecified atom stereocenters. The molecule has 0 aromatic heterocycles. The second kappa shape index (κ2) is 10.6. The van der Waals surface area contributed by atoms with E-state index in [1.807, 2.05) is 45.3 Å². The number of aliphatic imine (C=N–C) groups is 2. The van der Waals surface area contributed by atoms with Crippen LogP contribution in [-0.2, 0) is 4.79 Å². The molecular formula is C24H32N8O. The maximum atomic E-state index is 11.7. The maximum Gasteiger partial charge on any atom is 0.222 e. The van der Waals surface area contributed by atoms with Crippen LogP contribution in [0.5, 0.6) is 0 Å². The number of rotatable bonds is 8. The van der Waals surface area contributed by atoms with Gasteiger partial charge in [-0.3, -0.25) is 9.79 Å². The van der Waals surface area contributed by atoms with Crippen LogP contribution in [0.15, 0.2) is 80.6 Å². The number of carbonyl (C=O) groups excluding carboxylic acids is 1. The number of nitrogens with two attached hydrogens (primary N) is 2. The summed E-state index contributed by atoms with van der Waals surface area (Å²) in [6.07, 6.45) is 15.2. The molecule has 0 aromatic rings. The van der Waals surface area contributed by atoms with Gasteiger partial charge in [0.05, 0.1) is 24.0 Å². The third kappa shape index (κ3) is 5.88. The van der Waals surface area contributed by atoms with Crippen LogP contribution in [0.2, 0.25) is 0 Å². The van der Waals surface area contributed by atoms with E-state index in [1.54, 1.807) is 17.2 Å². The minimum Gasteiger partial charge on any atom is -0.404 e. The number of nitrogens with one attached hydrogen (secondary N) is 3. The van der Waals surface area contributed by atoms with Crippen LogP contribution in [-0.4, -0.2) is 48.7 Å². The number of nitrogens with zero attached hydrogens (tertiary/aromatic N) is 3. The molecule has 0 radical (unpaired) electrons. The van der Waals surface area contributed by atoms with Crippen LogP contribution in [0.3, 0.4) is 0 Å². The molecule has 0 spiro atoms. The summed E-state index contributed by atoms with van der Waals surface area (Å²) in [5.41, 5.74) is 16.1. The van der Waals surface area contributed by atoms with Crippen LogP contribution in [0.1, 0.15) is 26.7 Å². The Hall–Kier alpha value is -3.88. The van der Waals surface area contributed by atoms with E-state index in [1.165, 1.54) is 12.4 Å². The number of amidine groups is 1. The summed E-state index contributed by atoms with van der Waals surface area (Å²) in [7, 11) is 1.82. The van der Waals surface area contributed by atoms with E-state index in [0.29, 0.717) is 24.6 Å². The molecule has 1 fully saturated rings. The summed E-state index contributed by atoms with van der Waals surface area (Å²) in [5.74, 6) is 1.27. The van der Waals surface area contributed by atoms with Gasteiger partial charge in [-0.05, 0) is 42.2 Å². The van der Waals surface area contributed by atoms with E-state index in [0.717, 1.165) is 34.5 Å². The van der Waals surface area contributed by atoms with E-state index in [2.05, 4.69) is 20.6 Å². The van der Waals surface area contributed by atoms with Crippen LogP contribution < -0.4 is 22.1 Å². The summed E-state index contributed by atoms with van der Waals surface area (Å²) in [4.78, 5) is 22.4. The van der Waals surface area contributed by atoms with E-state index in [9.17, 15) is 4.79 Å². The Balaban J connectivity index is 1.69. The Bertz CT molecular complexity index is 1050. The number of fused-ring (bicyclic) bond motifs is 1. The molecule has 1 saturated heterocycles. The van der Waals surface area contributed by atoms with Gasteiger partial charge >= 0.3 is 0 Å². The Kier molecular flexibility index (Phi) is 7.66. The number of likely N-dealkylation sites (tertiary alicyclic amines) is 1. The number of likely N-dealkylation sites (N-methyl/N-ethyl adjacent to an activating group) is 1. The van der Waals surface area contributed by atoms with Crippen LogP contribution in [0, 0.1) is 11.3 Å². The first-order chi connectivity index (χ1) is 15.8. The van der Waals surface area contributed by atoms with Crippen LogP contribution in [0.25, 0.3) is 0 Å². The van der Waals surface area contributed by atoms with Crippen molar-refractivity contribution < 1.29 is 4.79 Å². The monoisotopic (exact) mass is 448 g/mol. The third-order valence-electron chi connectivity index (χ3n) is 5.73. The number of carbonyl (C=O) groups is 1. The highest BCUT2D eigenvalue weighted by molar-refractivity contribution is 5.97. The number of amides is 1. The number of allylic oxidation sites excluding steroid dienone is 6. The molecule has 1 amide bonds. The van der Waals surface area contributed by atoms with Crippen LogP contribution in [0.4, 0.5) is 0 Å². The summed E-state index contributed by atoms with van der Waals surface area (Å²) >= 11 is 0. The van der Waals surface area contributed by atoms with Gasteiger partial charge in [0.15, 0.2) is 0 Å². The molecule has 3 aliphatic heterocycles. The molecule has 9 nitrogen and oxygen atoms in total. The van der Waals surface area contributed by atoms with Crippen molar-refractivity contribution in [2.75, 3.05) is 13.6 Å². The molecule has 3 rings (SSSR count). The van der Waals surface area contributed by atoms with Gasteiger partial charge in [0, 0.05) is 49.4 Å². The lowest BCUT2D eigenvalue weighted by Gasteiger charge is -2.23. The van der Waals surface area contributed by atoms with Crippen LogP contribution >= 0.6 is 0 Å². The zero-order valence-corrected chi connectivity index (χ0v) is 19.3. The van der Waals surface area contributed by atoms with Gasteiger partial charge in [0.1, 0.15) is 11.7 Å². The van der Waals surface area contributed by atoms with Crippen molar-refractivity contribution in [1.29, 1.82) is 5.41 Å². The average molecular weight is 449 g/mol. The smallest absolute Gasteiger partial charge is 0.222 e. The lowest BCUT2D eigenvalue weighted by atomic mass is 10.0. The molecule has 0 saturated carbocycles. The largest absolute Gasteiger partial charge is 0.404 e. The Morgan fingerprint density at radius 1 is 1.36 bits per heavy atom. The first kappa shape index (κ1) is 23.8. The van der Waals surface area contributed by atoms with Gasteiger partial charge in [-0.25, -0.2) is 4.99 Å². The van der Waals surface area contributed by atoms with Crippen molar-refractivity contribution in [1.82, 2.24) is 15.5 Å². The van der Waals surface area contributed by atoms with E-state index < -0.39 is 0 Å². The van der Waals surface area contributed by atoms with E-state index in [-0.39, 0.29) is 17.9 Å². The van der Waals surface area contributed by atoms with Gasteiger partial charge in [0.2, 0.25) is 5.91 Å². The highest BCUT2D eigenvalue weighted by Crippen LogP contribution is 2.23. The lowest BCUT2D eigenvalue weighted by Crippen LogP contribution is -2.30. The maximum absolute atomic E-state index is 11.7. The molecule has 33 heavy (non-hydrogen) atoms. The highest BCUT2D eigenvalue weighted by atomic mass is 16.2. The molecule has 174 valence electrons. The van der Waals surface area contributed by atoms with Gasteiger partial charge in [-0.1, -0.05) is 13.8 Å². The number of hydrogen-bond donors (Lipinski definition) is 5. The molecule has 0 aromatic carbocycles. The first-order valence-electron chi connectivity index (χ1n) is 10.9. The Morgan fingerprint density at radius 3 is 2.79 bits per heavy atom. The van der Waals surface area contributed by atoms with Crippen molar-refractivity contribution >= 4 is 24.2 Å². The predicted molar refractivity (Wildman–Crippen MR) is 133 cm³/mol. The van der Waals surface area contributed by atoms with Crippen molar-refractivity contribution in [3.63, 3.8) is 0 Å².